The van der Waals surface area contributed by atoms with Gasteiger partial charge in [0.2, 0.25) is 5.28 Å². The first-order valence-electron chi connectivity index (χ1n) is 5.06. The first-order chi connectivity index (χ1) is 8.63. The van der Waals surface area contributed by atoms with Gasteiger partial charge in [-0.2, -0.15) is 5.26 Å². The molecule has 18 heavy (non-hydrogen) atoms. The first kappa shape index (κ1) is 12.3. The van der Waals surface area contributed by atoms with Gasteiger partial charge in [-0.05, 0) is 23.7 Å². The van der Waals surface area contributed by atoms with Crippen LogP contribution in [-0.2, 0) is 0 Å². The highest BCUT2D eigenvalue weighted by molar-refractivity contribution is 6.28. The van der Waals surface area contributed by atoms with Crippen LogP contribution in [0, 0.1) is 17.1 Å². The fourth-order valence-electron chi connectivity index (χ4n) is 1.46. The number of hydrogen-bond acceptors (Lipinski definition) is 4. The number of rotatable bonds is 2. The van der Waals surface area contributed by atoms with Crippen molar-refractivity contribution in [2.45, 2.75) is 0 Å². The van der Waals surface area contributed by atoms with E-state index in [0.717, 1.165) is 0 Å². The predicted molar refractivity (Wildman–Crippen MR) is 66.7 cm³/mol. The minimum Gasteiger partial charge on any atom is -0.373 e. The second-order valence-corrected chi connectivity index (χ2v) is 3.80. The Hall–Kier alpha value is -2.19. The Kier molecular flexibility index (Phi) is 3.40. The molecule has 0 aliphatic rings. The van der Waals surface area contributed by atoms with Crippen molar-refractivity contribution in [3.63, 3.8) is 0 Å². The van der Waals surface area contributed by atoms with Crippen LogP contribution in [0.15, 0.2) is 24.3 Å². The van der Waals surface area contributed by atoms with E-state index < -0.39 is 5.82 Å². The summed E-state index contributed by atoms with van der Waals surface area (Å²) in [5.41, 5.74) is 1.02. The van der Waals surface area contributed by atoms with Crippen molar-refractivity contribution in [3.8, 4) is 17.3 Å². The second-order valence-electron chi connectivity index (χ2n) is 3.46. The van der Waals surface area contributed by atoms with E-state index in [9.17, 15) is 4.39 Å². The van der Waals surface area contributed by atoms with Crippen molar-refractivity contribution < 1.29 is 4.39 Å². The number of aromatic nitrogens is 2. The highest BCUT2D eigenvalue weighted by Crippen LogP contribution is 2.23. The molecule has 1 aromatic carbocycles. The molecule has 0 fully saturated rings. The Morgan fingerprint density at radius 1 is 1.33 bits per heavy atom. The van der Waals surface area contributed by atoms with Crippen molar-refractivity contribution in [1.29, 1.82) is 5.26 Å². The Bertz CT molecular complexity index is 636. The molecule has 0 saturated heterocycles. The van der Waals surface area contributed by atoms with Crippen LogP contribution >= 0.6 is 11.6 Å². The summed E-state index contributed by atoms with van der Waals surface area (Å²) in [4.78, 5) is 7.94. The Morgan fingerprint density at radius 3 is 2.72 bits per heavy atom. The zero-order valence-corrected chi connectivity index (χ0v) is 10.2. The third kappa shape index (κ3) is 2.39. The molecule has 0 spiro atoms. The fourth-order valence-corrected chi connectivity index (χ4v) is 1.64. The van der Waals surface area contributed by atoms with Crippen molar-refractivity contribution in [3.05, 3.63) is 40.9 Å². The molecule has 0 saturated carbocycles. The second kappa shape index (κ2) is 4.98. The van der Waals surface area contributed by atoms with Gasteiger partial charge in [0.15, 0.2) is 0 Å². The molecule has 1 heterocycles. The maximum atomic E-state index is 13.5. The molecular weight excluding hydrogens is 255 g/mol. The third-order valence-corrected chi connectivity index (χ3v) is 2.51. The lowest BCUT2D eigenvalue weighted by atomic mass is 10.1. The zero-order chi connectivity index (χ0) is 13.1. The number of nitriles is 1. The standard InChI is InChI=1S/C12H8ClFN4/c1-16-11-5-10(17-12(13)18-11)7-2-3-8(6-15)9(14)4-7/h2-5H,1H3,(H,16,17,18). The van der Waals surface area contributed by atoms with E-state index in [1.165, 1.54) is 12.1 Å². The van der Waals surface area contributed by atoms with E-state index >= 15 is 0 Å². The van der Waals surface area contributed by atoms with Crippen LogP contribution in [0.3, 0.4) is 0 Å². The van der Waals surface area contributed by atoms with Crippen LogP contribution < -0.4 is 5.32 Å². The molecule has 2 aromatic rings. The molecule has 4 nitrogen and oxygen atoms in total. The van der Waals surface area contributed by atoms with Gasteiger partial charge in [0, 0.05) is 18.7 Å². The quantitative estimate of drug-likeness (QED) is 0.846. The van der Waals surface area contributed by atoms with Gasteiger partial charge in [0.25, 0.3) is 0 Å². The van der Waals surface area contributed by atoms with Gasteiger partial charge in [0.05, 0.1) is 11.3 Å². The Labute approximate surface area is 108 Å². The normalized spacial score (nSPS) is 9.89. The summed E-state index contributed by atoms with van der Waals surface area (Å²) in [7, 11) is 1.70. The highest BCUT2D eigenvalue weighted by Gasteiger charge is 2.08. The summed E-state index contributed by atoms with van der Waals surface area (Å²) in [6.07, 6.45) is 0. The summed E-state index contributed by atoms with van der Waals surface area (Å²) in [6, 6.07) is 7.67. The van der Waals surface area contributed by atoms with Gasteiger partial charge in [0.1, 0.15) is 17.7 Å². The number of anilines is 1. The fraction of sp³-hybridized carbons (Fsp3) is 0.0833. The van der Waals surface area contributed by atoms with Crippen LogP contribution in [0.4, 0.5) is 10.2 Å². The van der Waals surface area contributed by atoms with Gasteiger partial charge in [-0.25, -0.2) is 14.4 Å². The molecule has 1 aromatic heterocycles. The van der Waals surface area contributed by atoms with Crippen LogP contribution in [0.25, 0.3) is 11.3 Å². The monoisotopic (exact) mass is 262 g/mol. The summed E-state index contributed by atoms with van der Waals surface area (Å²) in [5.74, 6) is -0.0505. The van der Waals surface area contributed by atoms with Crippen LogP contribution in [0.5, 0.6) is 0 Å². The molecule has 1 N–H and O–H groups in total. The zero-order valence-electron chi connectivity index (χ0n) is 9.41. The average Bonchev–Trinajstić information content (AvgIpc) is 2.37. The predicted octanol–water partition coefficient (Wildman–Crippen LogP) is 2.85. The number of benzene rings is 1. The van der Waals surface area contributed by atoms with E-state index in [1.807, 2.05) is 0 Å². The summed E-state index contributed by atoms with van der Waals surface area (Å²) >= 11 is 5.77. The maximum Gasteiger partial charge on any atom is 0.224 e. The maximum absolute atomic E-state index is 13.5. The van der Waals surface area contributed by atoms with E-state index in [1.54, 1.807) is 25.2 Å². The van der Waals surface area contributed by atoms with Crippen LogP contribution in [-0.4, -0.2) is 17.0 Å². The number of nitrogens with zero attached hydrogens (tertiary/aromatic N) is 3. The Morgan fingerprint density at radius 2 is 2.11 bits per heavy atom. The van der Waals surface area contributed by atoms with Crippen molar-refractivity contribution >= 4 is 17.4 Å². The van der Waals surface area contributed by atoms with Crippen LogP contribution in [0.1, 0.15) is 5.56 Å². The summed E-state index contributed by atoms with van der Waals surface area (Å²) in [6.45, 7) is 0. The topological polar surface area (TPSA) is 61.6 Å². The SMILES string of the molecule is CNc1cc(-c2ccc(C#N)c(F)c2)nc(Cl)n1. The molecule has 0 aliphatic carbocycles. The lowest BCUT2D eigenvalue weighted by Gasteiger charge is -2.05. The van der Waals surface area contributed by atoms with E-state index in [0.29, 0.717) is 17.1 Å². The highest BCUT2D eigenvalue weighted by atomic mass is 35.5. The molecule has 0 radical (unpaired) electrons. The van der Waals surface area contributed by atoms with Gasteiger partial charge in [-0.15, -0.1) is 0 Å². The number of hydrogen-bond donors (Lipinski definition) is 1. The number of halogens is 2. The van der Waals surface area contributed by atoms with Gasteiger partial charge in [-0.1, -0.05) is 6.07 Å². The average molecular weight is 263 g/mol. The molecule has 0 atom stereocenters. The minimum absolute atomic E-state index is 0.00672. The summed E-state index contributed by atoms with van der Waals surface area (Å²) in [5, 5.41) is 11.6. The van der Waals surface area contributed by atoms with Gasteiger partial charge < -0.3 is 5.32 Å². The lowest BCUT2D eigenvalue weighted by molar-refractivity contribution is 0.624. The van der Waals surface area contributed by atoms with Crippen molar-refractivity contribution in [1.82, 2.24) is 9.97 Å². The van der Waals surface area contributed by atoms with Crippen LogP contribution in [0.2, 0.25) is 5.28 Å². The summed E-state index contributed by atoms with van der Waals surface area (Å²) < 4.78 is 13.5. The molecule has 90 valence electrons. The Balaban J connectivity index is 2.52. The van der Waals surface area contributed by atoms with E-state index in [-0.39, 0.29) is 10.8 Å². The smallest absolute Gasteiger partial charge is 0.224 e. The molecule has 0 amide bonds. The largest absolute Gasteiger partial charge is 0.373 e. The minimum atomic E-state index is -0.587. The van der Waals surface area contributed by atoms with Gasteiger partial charge in [-0.3, -0.25) is 0 Å². The van der Waals surface area contributed by atoms with E-state index in [4.69, 9.17) is 16.9 Å². The van der Waals surface area contributed by atoms with Gasteiger partial charge >= 0.3 is 0 Å². The molecule has 0 aliphatic heterocycles. The number of nitrogens with one attached hydrogen (secondary N) is 1. The molecule has 2 rings (SSSR count). The first-order valence-corrected chi connectivity index (χ1v) is 5.44. The molecule has 6 heteroatoms. The molecular formula is C12H8ClFN4. The molecule has 0 bridgehead atoms. The lowest BCUT2D eigenvalue weighted by Crippen LogP contribution is -1.96. The third-order valence-electron chi connectivity index (χ3n) is 2.34. The molecule has 0 unspecified atom stereocenters. The van der Waals surface area contributed by atoms with Crippen molar-refractivity contribution in [2.75, 3.05) is 12.4 Å². The van der Waals surface area contributed by atoms with E-state index in [2.05, 4.69) is 15.3 Å². The van der Waals surface area contributed by atoms with Crippen molar-refractivity contribution in [2.24, 2.45) is 0 Å².